The third kappa shape index (κ3) is 4.02. The summed E-state index contributed by atoms with van der Waals surface area (Å²) in [5.41, 5.74) is 4.06. The predicted octanol–water partition coefficient (Wildman–Crippen LogP) is 0.956. The maximum Gasteiger partial charge on any atom is 0.411 e. The van der Waals surface area contributed by atoms with Crippen LogP contribution in [0.2, 0.25) is 0 Å². The Bertz CT molecular complexity index is 450. The molecule has 0 spiro atoms. The fourth-order valence-electron chi connectivity index (χ4n) is 1.87. The van der Waals surface area contributed by atoms with E-state index in [9.17, 15) is 13.2 Å². The Labute approximate surface area is 113 Å². The average Bonchev–Trinajstić information content (AvgIpc) is 2.41. The lowest BCUT2D eigenvalue weighted by molar-refractivity contribution is -0.173. The predicted molar refractivity (Wildman–Crippen MR) is 63.8 cm³/mol. The molecule has 0 saturated carbocycles. The summed E-state index contributed by atoms with van der Waals surface area (Å²) >= 11 is 0. The van der Waals surface area contributed by atoms with Crippen LogP contribution in [0.5, 0.6) is 0 Å². The highest BCUT2D eigenvalue weighted by molar-refractivity contribution is 5.46. The maximum atomic E-state index is 11.9. The molecule has 0 fully saturated rings. The minimum absolute atomic E-state index is 0.0984. The zero-order valence-electron chi connectivity index (χ0n) is 10.7. The lowest BCUT2D eigenvalue weighted by Crippen LogP contribution is -2.21. The summed E-state index contributed by atoms with van der Waals surface area (Å²) in [6.45, 7) is -0.440. The molecule has 112 valence electrons. The third-order valence-corrected chi connectivity index (χ3v) is 2.74. The Morgan fingerprint density at radius 3 is 2.85 bits per heavy atom. The number of hydrogen-bond donors (Lipinski definition) is 2. The van der Waals surface area contributed by atoms with Crippen LogP contribution in [0.1, 0.15) is 17.1 Å². The van der Waals surface area contributed by atoms with E-state index in [0.717, 1.165) is 11.3 Å². The number of hydrogen-bond acceptors (Lipinski definition) is 6. The second-order valence-electron chi connectivity index (χ2n) is 4.28. The summed E-state index contributed by atoms with van der Waals surface area (Å²) < 4.78 is 45.6. The molecule has 1 aromatic rings. The molecule has 2 rings (SSSR count). The van der Waals surface area contributed by atoms with Crippen LogP contribution >= 0.6 is 0 Å². The standard InChI is InChI=1S/C11H15F3N4O2/c12-11(13,14)6-20-4-2-9-16-8-1-3-19-5-7(8)10(17-9)18-15/h1-6,15H2,(H,16,17,18). The summed E-state index contributed by atoms with van der Waals surface area (Å²) in [5.74, 6) is 6.23. The SMILES string of the molecule is NNc1nc(CCOCC(F)(F)F)nc2c1COCC2. The molecule has 1 aliphatic rings. The van der Waals surface area contributed by atoms with Crippen molar-refractivity contribution < 1.29 is 22.6 Å². The quantitative estimate of drug-likeness (QED) is 0.478. The molecule has 20 heavy (non-hydrogen) atoms. The van der Waals surface area contributed by atoms with Gasteiger partial charge in [-0.1, -0.05) is 0 Å². The van der Waals surface area contributed by atoms with Crippen LogP contribution in [-0.4, -0.2) is 36.0 Å². The van der Waals surface area contributed by atoms with E-state index in [2.05, 4.69) is 20.1 Å². The molecular formula is C11H15F3N4O2. The Kier molecular flexibility index (Phi) is 4.73. The highest BCUT2D eigenvalue weighted by Gasteiger charge is 2.27. The van der Waals surface area contributed by atoms with Crippen molar-refractivity contribution in [3.8, 4) is 0 Å². The van der Waals surface area contributed by atoms with E-state index in [-0.39, 0.29) is 13.0 Å². The third-order valence-electron chi connectivity index (χ3n) is 2.74. The maximum absolute atomic E-state index is 11.9. The molecule has 6 nitrogen and oxygen atoms in total. The lowest BCUT2D eigenvalue weighted by atomic mass is 10.1. The molecule has 0 atom stereocenters. The molecule has 0 saturated heterocycles. The fourth-order valence-corrected chi connectivity index (χ4v) is 1.87. The molecule has 0 aliphatic carbocycles. The molecule has 0 aromatic carbocycles. The number of rotatable bonds is 5. The summed E-state index contributed by atoms with van der Waals surface area (Å²) in [6.07, 6.45) is -3.50. The monoisotopic (exact) mass is 292 g/mol. The zero-order chi connectivity index (χ0) is 14.6. The number of nitrogen functional groups attached to an aromatic ring is 1. The molecule has 9 heteroatoms. The molecule has 0 amide bonds. The number of halogens is 3. The van der Waals surface area contributed by atoms with E-state index >= 15 is 0 Å². The summed E-state index contributed by atoms with van der Waals surface area (Å²) in [4.78, 5) is 8.46. The first-order valence-corrected chi connectivity index (χ1v) is 6.07. The second kappa shape index (κ2) is 6.33. The molecule has 0 unspecified atom stereocenters. The summed E-state index contributed by atoms with van der Waals surface area (Å²) in [7, 11) is 0. The molecule has 0 radical (unpaired) electrons. The Balaban J connectivity index is 1.98. The first-order valence-electron chi connectivity index (χ1n) is 6.07. The van der Waals surface area contributed by atoms with Gasteiger partial charge in [-0.25, -0.2) is 15.8 Å². The van der Waals surface area contributed by atoms with Gasteiger partial charge in [-0.2, -0.15) is 13.2 Å². The van der Waals surface area contributed by atoms with Gasteiger partial charge in [0.05, 0.1) is 25.5 Å². The van der Waals surface area contributed by atoms with Crippen molar-refractivity contribution in [1.29, 1.82) is 0 Å². The topological polar surface area (TPSA) is 82.3 Å². The molecule has 1 aromatic heterocycles. The molecule has 0 bridgehead atoms. The first-order chi connectivity index (χ1) is 9.49. The van der Waals surface area contributed by atoms with Crippen molar-refractivity contribution in [3.63, 3.8) is 0 Å². The Hall–Kier alpha value is -1.45. The number of aromatic nitrogens is 2. The highest BCUT2D eigenvalue weighted by atomic mass is 19.4. The number of ether oxygens (including phenoxy) is 2. The van der Waals surface area contributed by atoms with Crippen LogP contribution in [0.15, 0.2) is 0 Å². The Morgan fingerprint density at radius 2 is 2.15 bits per heavy atom. The highest BCUT2D eigenvalue weighted by Crippen LogP contribution is 2.21. The van der Waals surface area contributed by atoms with E-state index in [1.54, 1.807) is 0 Å². The van der Waals surface area contributed by atoms with Crippen LogP contribution in [0.4, 0.5) is 19.0 Å². The number of hydrazine groups is 1. The van der Waals surface area contributed by atoms with Gasteiger partial charge >= 0.3 is 6.18 Å². The molecule has 2 heterocycles. The van der Waals surface area contributed by atoms with Gasteiger partial charge in [-0.15, -0.1) is 0 Å². The van der Waals surface area contributed by atoms with Crippen molar-refractivity contribution in [2.75, 3.05) is 25.2 Å². The number of nitrogens with two attached hydrogens (primary N) is 1. The van der Waals surface area contributed by atoms with Gasteiger partial charge in [-0.3, -0.25) is 0 Å². The van der Waals surface area contributed by atoms with E-state index in [1.807, 2.05) is 0 Å². The van der Waals surface area contributed by atoms with Crippen LogP contribution < -0.4 is 11.3 Å². The van der Waals surface area contributed by atoms with Crippen molar-refractivity contribution in [2.24, 2.45) is 5.84 Å². The largest absolute Gasteiger partial charge is 0.411 e. The van der Waals surface area contributed by atoms with Gasteiger partial charge in [0.1, 0.15) is 18.2 Å². The van der Waals surface area contributed by atoms with E-state index in [1.165, 1.54) is 0 Å². The molecule has 3 N–H and O–H groups in total. The molecular weight excluding hydrogens is 277 g/mol. The Morgan fingerprint density at radius 1 is 1.35 bits per heavy atom. The van der Waals surface area contributed by atoms with Gasteiger partial charge in [0.2, 0.25) is 0 Å². The van der Waals surface area contributed by atoms with Crippen LogP contribution in [0.3, 0.4) is 0 Å². The number of fused-ring (bicyclic) bond motifs is 1. The smallest absolute Gasteiger partial charge is 0.376 e. The van der Waals surface area contributed by atoms with E-state index in [4.69, 9.17) is 10.6 Å². The van der Waals surface area contributed by atoms with Gasteiger partial charge in [0, 0.05) is 18.4 Å². The van der Waals surface area contributed by atoms with Crippen LogP contribution in [0, 0.1) is 0 Å². The van der Waals surface area contributed by atoms with E-state index in [0.29, 0.717) is 31.3 Å². The lowest BCUT2D eigenvalue weighted by Gasteiger charge is -2.19. The number of alkyl halides is 3. The van der Waals surface area contributed by atoms with Crippen LogP contribution in [0.25, 0.3) is 0 Å². The second-order valence-corrected chi connectivity index (χ2v) is 4.28. The van der Waals surface area contributed by atoms with Crippen molar-refractivity contribution >= 4 is 5.82 Å². The van der Waals surface area contributed by atoms with Gasteiger partial charge in [0.25, 0.3) is 0 Å². The van der Waals surface area contributed by atoms with Gasteiger partial charge in [-0.05, 0) is 0 Å². The number of nitrogens with one attached hydrogen (secondary N) is 1. The number of anilines is 1. The van der Waals surface area contributed by atoms with Crippen LogP contribution in [-0.2, 0) is 28.9 Å². The van der Waals surface area contributed by atoms with E-state index < -0.39 is 12.8 Å². The average molecular weight is 292 g/mol. The fraction of sp³-hybridized carbons (Fsp3) is 0.636. The van der Waals surface area contributed by atoms with Crippen molar-refractivity contribution in [1.82, 2.24) is 9.97 Å². The van der Waals surface area contributed by atoms with Gasteiger partial charge in [0.15, 0.2) is 0 Å². The van der Waals surface area contributed by atoms with Gasteiger partial charge < -0.3 is 14.9 Å². The summed E-state index contributed by atoms with van der Waals surface area (Å²) in [5, 5.41) is 0. The zero-order valence-corrected chi connectivity index (χ0v) is 10.7. The molecule has 1 aliphatic heterocycles. The first kappa shape index (κ1) is 14.9. The normalized spacial score (nSPS) is 15.0. The number of nitrogens with zero attached hydrogens (tertiary/aromatic N) is 2. The van der Waals surface area contributed by atoms with Crippen molar-refractivity contribution in [3.05, 3.63) is 17.1 Å². The summed E-state index contributed by atoms with van der Waals surface area (Å²) in [6, 6.07) is 0. The van der Waals surface area contributed by atoms with Crippen molar-refractivity contribution in [2.45, 2.75) is 25.6 Å². The minimum Gasteiger partial charge on any atom is -0.376 e. The minimum atomic E-state index is -4.32.